The van der Waals surface area contributed by atoms with E-state index in [2.05, 4.69) is 10.3 Å². The Labute approximate surface area is 99.8 Å². The SMILES string of the molecule is NCC1CCNC1c1c[nH]c2cccc(O)c12. The van der Waals surface area contributed by atoms with Crippen LogP contribution in [0.15, 0.2) is 24.4 Å². The zero-order chi connectivity index (χ0) is 11.8. The number of nitrogens with one attached hydrogen (secondary N) is 2. The van der Waals surface area contributed by atoms with Crippen molar-refractivity contribution < 1.29 is 5.11 Å². The van der Waals surface area contributed by atoms with Crippen molar-refractivity contribution in [3.05, 3.63) is 30.0 Å². The number of benzene rings is 1. The second kappa shape index (κ2) is 4.05. The number of phenols is 1. The van der Waals surface area contributed by atoms with Crippen LogP contribution in [0, 0.1) is 5.92 Å². The van der Waals surface area contributed by atoms with Gasteiger partial charge in [0.1, 0.15) is 5.75 Å². The Bertz CT molecular complexity index is 534. The van der Waals surface area contributed by atoms with E-state index in [1.54, 1.807) is 6.07 Å². The van der Waals surface area contributed by atoms with E-state index in [0.717, 1.165) is 29.4 Å². The number of aromatic hydroxyl groups is 1. The lowest BCUT2D eigenvalue weighted by molar-refractivity contribution is 0.467. The molecule has 1 aromatic heterocycles. The highest BCUT2D eigenvalue weighted by molar-refractivity contribution is 5.89. The number of fused-ring (bicyclic) bond motifs is 1. The van der Waals surface area contributed by atoms with Crippen LogP contribution >= 0.6 is 0 Å². The van der Waals surface area contributed by atoms with E-state index < -0.39 is 0 Å². The maximum absolute atomic E-state index is 9.98. The summed E-state index contributed by atoms with van der Waals surface area (Å²) >= 11 is 0. The van der Waals surface area contributed by atoms with E-state index in [1.165, 1.54) is 0 Å². The summed E-state index contributed by atoms with van der Waals surface area (Å²) < 4.78 is 0. The molecule has 1 aliphatic rings. The topological polar surface area (TPSA) is 74.1 Å². The third-order valence-electron chi connectivity index (χ3n) is 3.70. The Hall–Kier alpha value is -1.52. The molecule has 0 spiro atoms. The predicted octanol–water partition coefficient (Wildman–Crippen LogP) is 1.48. The molecule has 2 aromatic rings. The lowest BCUT2D eigenvalue weighted by Crippen LogP contribution is -2.22. The van der Waals surface area contributed by atoms with Crippen LogP contribution in [-0.2, 0) is 0 Å². The molecule has 5 N–H and O–H groups in total. The first-order chi connectivity index (χ1) is 8.31. The van der Waals surface area contributed by atoms with E-state index in [-0.39, 0.29) is 6.04 Å². The minimum Gasteiger partial charge on any atom is -0.507 e. The summed E-state index contributed by atoms with van der Waals surface area (Å²) in [7, 11) is 0. The van der Waals surface area contributed by atoms with Gasteiger partial charge in [-0.1, -0.05) is 6.07 Å². The molecule has 0 saturated carbocycles. The van der Waals surface area contributed by atoms with Gasteiger partial charge in [-0.05, 0) is 43.1 Å². The average Bonchev–Trinajstić information content (AvgIpc) is 2.94. The van der Waals surface area contributed by atoms with Gasteiger partial charge in [-0.3, -0.25) is 0 Å². The summed E-state index contributed by atoms with van der Waals surface area (Å²) in [6.07, 6.45) is 3.08. The Morgan fingerprint density at radius 3 is 3.12 bits per heavy atom. The highest BCUT2D eigenvalue weighted by atomic mass is 16.3. The Balaban J connectivity index is 2.11. The summed E-state index contributed by atoms with van der Waals surface area (Å²) in [5, 5.41) is 14.4. The number of hydrogen-bond acceptors (Lipinski definition) is 3. The molecule has 4 heteroatoms. The van der Waals surface area contributed by atoms with Gasteiger partial charge in [0.2, 0.25) is 0 Å². The zero-order valence-corrected chi connectivity index (χ0v) is 9.61. The van der Waals surface area contributed by atoms with Crippen LogP contribution in [0.2, 0.25) is 0 Å². The monoisotopic (exact) mass is 231 g/mol. The molecule has 0 bridgehead atoms. The maximum Gasteiger partial charge on any atom is 0.125 e. The van der Waals surface area contributed by atoms with E-state index in [1.807, 2.05) is 18.3 Å². The van der Waals surface area contributed by atoms with Crippen molar-refractivity contribution in [3.63, 3.8) is 0 Å². The first-order valence-corrected chi connectivity index (χ1v) is 6.03. The van der Waals surface area contributed by atoms with E-state index >= 15 is 0 Å². The summed E-state index contributed by atoms with van der Waals surface area (Å²) in [6, 6.07) is 5.80. The van der Waals surface area contributed by atoms with E-state index in [4.69, 9.17) is 5.73 Å². The molecular formula is C13H17N3O. The summed E-state index contributed by atoms with van der Waals surface area (Å²) in [5.41, 5.74) is 7.91. The number of nitrogens with two attached hydrogens (primary N) is 1. The van der Waals surface area contributed by atoms with Crippen LogP contribution in [0.25, 0.3) is 10.9 Å². The average molecular weight is 231 g/mol. The van der Waals surface area contributed by atoms with Gasteiger partial charge in [0.05, 0.1) is 0 Å². The van der Waals surface area contributed by atoms with E-state index in [0.29, 0.717) is 18.2 Å². The largest absolute Gasteiger partial charge is 0.507 e. The molecule has 1 saturated heterocycles. The molecule has 2 atom stereocenters. The van der Waals surface area contributed by atoms with Crippen molar-refractivity contribution in [2.45, 2.75) is 12.5 Å². The van der Waals surface area contributed by atoms with Gasteiger partial charge < -0.3 is 21.1 Å². The van der Waals surface area contributed by atoms with Gasteiger partial charge in [0, 0.05) is 23.1 Å². The van der Waals surface area contributed by atoms with Crippen molar-refractivity contribution in [1.82, 2.24) is 10.3 Å². The maximum atomic E-state index is 9.98. The van der Waals surface area contributed by atoms with Crippen LogP contribution in [0.1, 0.15) is 18.0 Å². The molecule has 0 amide bonds. The molecule has 90 valence electrons. The fourth-order valence-electron chi connectivity index (χ4n) is 2.81. The highest BCUT2D eigenvalue weighted by Crippen LogP contribution is 2.37. The highest BCUT2D eigenvalue weighted by Gasteiger charge is 2.29. The molecule has 3 rings (SSSR count). The summed E-state index contributed by atoms with van der Waals surface area (Å²) in [5.74, 6) is 0.789. The van der Waals surface area contributed by atoms with Crippen LogP contribution in [-0.4, -0.2) is 23.2 Å². The number of hydrogen-bond donors (Lipinski definition) is 4. The molecule has 1 fully saturated rings. The minimum atomic E-state index is 0.252. The Kier molecular flexibility index (Phi) is 2.53. The summed E-state index contributed by atoms with van der Waals surface area (Å²) in [4.78, 5) is 3.21. The molecule has 0 aliphatic carbocycles. The minimum absolute atomic E-state index is 0.252. The van der Waals surface area contributed by atoms with Crippen molar-refractivity contribution in [1.29, 1.82) is 0 Å². The summed E-state index contributed by atoms with van der Waals surface area (Å²) in [6.45, 7) is 1.67. The normalized spacial score (nSPS) is 24.5. The lowest BCUT2D eigenvalue weighted by Gasteiger charge is -2.17. The Morgan fingerprint density at radius 2 is 2.29 bits per heavy atom. The molecule has 4 nitrogen and oxygen atoms in total. The molecule has 1 aromatic carbocycles. The number of phenolic OH excluding ortho intramolecular Hbond substituents is 1. The van der Waals surface area contributed by atoms with Gasteiger partial charge in [-0.2, -0.15) is 0 Å². The van der Waals surface area contributed by atoms with Gasteiger partial charge in [-0.25, -0.2) is 0 Å². The molecule has 2 unspecified atom stereocenters. The van der Waals surface area contributed by atoms with Gasteiger partial charge in [0.25, 0.3) is 0 Å². The zero-order valence-electron chi connectivity index (χ0n) is 9.61. The quantitative estimate of drug-likeness (QED) is 0.632. The van der Waals surface area contributed by atoms with Crippen molar-refractivity contribution >= 4 is 10.9 Å². The van der Waals surface area contributed by atoms with Crippen LogP contribution < -0.4 is 11.1 Å². The van der Waals surface area contributed by atoms with Gasteiger partial charge in [0.15, 0.2) is 0 Å². The second-order valence-electron chi connectivity index (χ2n) is 4.66. The van der Waals surface area contributed by atoms with Crippen molar-refractivity contribution in [2.75, 3.05) is 13.1 Å². The molecule has 17 heavy (non-hydrogen) atoms. The van der Waals surface area contributed by atoms with E-state index in [9.17, 15) is 5.11 Å². The molecule has 0 radical (unpaired) electrons. The third kappa shape index (κ3) is 1.61. The molecule has 1 aliphatic heterocycles. The van der Waals surface area contributed by atoms with Gasteiger partial charge in [-0.15, -0.1) is 0 Å². The third-order valence-corrected chi connectivity index (χ3v) is 3.70. The van der Waals surface area contributed by atoms with Crippen molar-refractivity contribution in [3.8, 4) is 5.75 Å². The smallest absolute Gasteiger partial charge is 0.125 e. The number of aromatic amines is 1. The number of H-pyrrole nitrogens is 1. The first-order valence-electron chi connectivity index (χ1n) is 6.03. The second-order valence-corrected chi connectivity index (χ2v) is 4.66. The van der Waals surface area contributed by atoms with Gasteiger partial charge >= 0.3 is 0 Å². The molecular weight excluding hydrogens is 214 g/mol. The standard InChI is InChI=1S/C13H17N3O/c14-6-8-4-5-15-13(8)9-7-16-10-2-1-3-11(17)12(9)10/h1-3,7-8,13,15-17H,4-6,14H2. The number of rotatable bonds is 2. The van der Waals surface area contributed by atoms with Crippen LogP contribution in [0.3, 0.4) is 0 Å². The molecule has 2 heterocycles. The fraction of sp³-hybridized carbons (Fsp3) is 0.385. The lowest BCUT2D eigenvalue weighted by atomic mass is 9.94. The van der Waals surface area contributed by atoms with Crippen LogP contribution in [0.4, 0.5) is 0 Å². The van der Waals surface area contributed by atoms with Crippen LogP contribution in [0.5, 0.6) is 5.75 Å². The van der Waals surface area contributed by atoms with Crippen molar-refractivity contribution in [2.24, 2.45) is 11.7 Å². The Morgan fingerprint density at radius 1 is 1.41 bits per heavy atom. The first kappa shape index (κ1) is 10.6. The predicted molar refractivity (Wildman–Crippen MR) is 67.9 cm³/mol. The number of aromatic nitrogens is 1. The fourth-order valence-corrected chi connectivity index (χ4v) is 2.81.